The Balaban J connectivity index is 1.56. The molecule has 0 saturated heterocycles. The Morgan fingerprint density at radius 3 is 2.50 bits per heavy atom. The summed E-state index contributed by atoms with van der Waals surface area (Å²) >= 11 is 6.22. The van der Waals surface area contributed by atoms with Gasteiger partial charge in [-0.15, -0.1) is 0 Å². The van der Waals surface area contributed by atoms with Crippen LogP contribution in [0.5, 0.6) is 5.75 Å². The second kappa shape index (κ2) is 10.4. The number of nitrogens with two attached hydrogens (primary N) is 1. The summed E-state index contributed by atoms with van der Waals surface area (Å²) in [7, 11) is 0. The number of benzene rings is 2. The summed E-state index contributed by atoms with van der Waals surface area (Å²) in [5.41, 5.74) is 5.21. The van der Waals surface area contributed by atoms with Gasteiger partial charge in [0.2, 0.25) is 5.91 Å². The van der Waals surface area contributed by atoms with Crippen LogP contribution in [0, 0.1) is 11.6 Å². The normalized spacial score (nSPS) is 13.0. The lowest BCUT2D eigenvalue weighted by atomic mass is 10.0. The highest BCUT2D eigenvalue weighted by Crippen LogP contribution is 2.37. The third kappa shape index (κ3) is 5.79. The maximum Gasteiger partial charge on any atom is 0.320 e. The molecule has 0 spiro atoms. The van der Waals surface area contributed by atoms with Gasteiger partial charge in [0.25, 0.3) is 5.56 Å². The van der Waals surface area contributed by atoms with Gasteiger partial charge in [-0.25, -0.2) is 13.6 Å². The molecule has 200 valence electrons. The summed E-state index contributed by atoms with van der Waals surface area (Å²) in [4.78, 5) is 40.3. The highest BCUT2D eigenvalue weighted by Gasteiger charge is 2.34. The number of aliphatic hydroxyl groups is 1. The molecule has 3 N–H and O–H groups in total. The number of hydrogen-bond acceptors (Lipinski definition) is 5. The Labute approximate surface area is 221 Å². The van der Waals surface area contributed by atoms with Crippen molar-refractivity contribution in [2.24, 2.45) is 5.73 Å². The fourth-order valence-electron chi connectivity index (χ4n) is 4.03. The Kier molecular flexibility index (Phi) is 7.43. The largest absolute Gasteiger partial charge is 0.487 e. The van der Waals surface area contributed by atoms with Gasteiger partial charge in [0.1, 0.15) is 35.7 Å². The van der Waals surface area contributed by atoms with Gasteiger partial charge >= 0.3 is 6.03 Å². The van der Waals surface area contributed by atoms with Crippen LogP contribution >= 0.6 is 11.6 Å². The molecule has 1 aliphatic rings. The van der Waals surface area contributed by atoms with Crippen molar-refractivity contribution < 1.29 is 28.2 Å². The van der Waals surface area contributed by atoms with E-state index in [1.807, 2.05) is 0 Å². The molecule has 0 unspecified atom stereocenters. The zero-order chi connectivity index (χ0) is 27.8. The molecule has 12 heteroatoms. The number of urea groups is 1. The summed E-state index contributed by atoms with van der Waals surface area (Å²) in [5.74, 6) is -1.87. The molecule has 0 bridgehead atoms. The molecule has 0 aliphatic carbocycles. The maximum absolute atomic E-state index is 13.9. The molecule has 2 aromatic carbocycles. The molecule has 1 aromatic heterocycles. The molecule has 3 aromatic rings. The number of halogens is 3. The molecule has 4 rings (SSSR count). The molecule has 0 saturated carbocycles. The van der Waals surface area contributed by atoms with Crippen molar-refractivity contribution in [2.75, 3.05) is 16.5 Å². The van der Waals surface area contributed by atoms with E-state index in [4.69, 9.17) is 22.1 Å². The minimum atomic E-state index is -1.26. The van der Waals surface area contributed by atoms with Gasteiger partial charge in [-0.05, 0) is 49.7 Å². The summed E-state index contributed by atoms with van der Waals surface area (Å²) in [6, 6.07) is 8.74. The van der Waals surface area contributed by atoms with E-state index in [2.05, 4.69) is 0 Å². The van der Waals surface area contributed by atoms with E-state index in [-0.39, 0.29) is 42.6 Å². The third-order valence-corrected chi connectivity index (χ3v) is 6.23. The zero-order valence-electron chi connectivity index (χ0n) is 20.6. The lowest BCUT2D eigenvalue weighted by Crippen LogP contribution is -2.42. The predicted molar refractivity (Wildman–Crippen MR) is 137 cm³/mol. The number of carbonyl (C=O) groups excluding carboxylic acids is 2. The smallest absolute Gasteiger partial charge is 0.320 e. The number of pyridine rings is 1. The Morgan fingerprint density at radius 1 is 1.11 bits per heavy atom. The fraction of sp³-hybridized carbons (Fsp3) is 0.269. The van der Waals surface area contributed by atoms with Crippen LogP contribution in [0.1, 0.15) is 31.4 Å². The van der Waals surface area contributed by atoms with Crippen LogP contribution in [0.3, 0.4) is 0 Å². The number of anilines is 2. The van der Waals surface area contributed by atoms with Crippen molar-refractivity contribution in [1.82, 2.24) is 4.57 Å². The van der Waals surface area contributed by atoms with E-state index in [0.717, 1.165) is 12.1 Å². The number of aromatic nitrogens is 1. The number of rotatable bonds is 7. The quantitative estimate of drug-likeness (QED) is 0.468. The number of fused-ring (bicyclic) bond motifs is 1. The zero-order valence-corrected chi connectivity index (χ0v) is 21.3. The lowest BCUT2D eigenvalue weighted by molar-refractivity contribution is -0.122. The second-order valence-corrected chi connectivity index (χ2v) is 9.87. The first kappa shape index (κ1) is 27.1. The van der Waals surface area contributed by atoms with Crippen molar-refractivity contribution in [3.05, 3.63) is 86.8 Å². The standard InChI is InChI=1S/C26H25ClF2N4O5/c1-26(2,37)11-22(34)32-14-33(25(30)36)19-6-3-15(9-20(19)32)12-31-8-7-21(23(27)24(31)35)38-13-16-4-5-17(28)10-18(16)29/h3-10,37H,11-14H2,1-2H3,(H2,30,36). The van der Waals surface area contributed by atoms with Crippen LogP contribution in [0.2, 0.25) is 5.02 Å². The van der Waals surface area contributed by atoms with Crippen molar-refractivity contribution in [3.63, 3.8) is 0 Å². The number of primary amides is 1. The predicted octanol–water partition coefficient (Wildman–Crippen LogP) is 3.76. The average molecular weight is 547 g/mol. The summed E-state index contributed by atoms with van der Waals surface area (Å²) in [5, 5.41) is 9.86. The Morgan fingerprint density at radius 2 is 1.84 bits per heavy atom. The number of nitrogens with zero attached hydrogens (tertiary/aromatic N) is 3. The highest BCUT2D eigenvalue weighted by atomic mass is 35.5. The van der Waals surface area contributed by atoms with Crippen molar-refractivity contribution >= 4 is 34.9 Å². The van der Waals surface area contributed by atoms with Gasteiger partial charge in [0.15, 0.2) is 0 Å². The number of carbonyl (C=O) groups is 2. The van der Waals surface area contributed by atoms with Crippen molar-refractivity contribution in [1.29, 1.82) is 0 Å². The second-order valence-electron chi connectivity index (χ2n) is 9.49. The minimum absolute atomic E-state index is 0.0334. The van der Waals surface area contributed by atoms with Crippen molar-refractivity contribution in [3.8, 4) is 5.75 Å². The summed E-state index contributed by atoms with van der Waals surface area (Å²) in [6.07, 6.45) is 1.27. The monoisotopic (exact) mass is 546 g/mol. The Bertz CT molecular complexity index is 1470. The molecular formula is C26H25ClF2N4O5. The van der Waals surface area contributed by atoms with Crippen LogP contribution in [0.15, 0.2) is 53.5 Å². The summed E-state index contributed by atoms with van der Waals surface area (Å²) in [6.45, 7) is 2.72. The fourth-order valence-corrected chi connectivity index (χ4v) is 4.26. The molecule has 3 amide bonds. The van der Waals surface area contributed by atoms with Gasteiger partial charge in [-0.2, -0.15) is 0 Å². The Hall–Kier alpha value is -3.96. The first-order valence-electron chi connectivity index (χ1n) is 11.5. The van der Waals surface area contributed by atoms with Crippen LogP contribution < -0.4 is 25.8 Å². The first-order chi connectivity index (χ1) is 17.8. The van der Waals surface area contributed by atoms with Gasteiger partial charge in [0, 0.05) is 17.8 Å². The van der Waals surface area contributed by atoms with E-state index in [1.165, 1.54) is 46.5 Å². The molecule has 9 nitrogen and oxygen atoms in total. The van der Waals surface area contributed by atoms with E-state index < -0.39 is 34.7 Å². The molecule has 2 heterocycles. The lowest BCUT2D eigenvalue weighted by Gasteiger charge is -2.22. The maximum atomic E-state index is 13.9. The minimum Gasteiger partial charge on any atom is -0.487 e. The van der Waals surface area contributed by atoms with Crippen LogP contribution in [0.4, 0.5) is 25.0 Å². The third-order valence-electron chi connectivity index (χ3n) is 5.88. The molecule has 0 radical (unpaired) electrons. The number of hydrogen-bond donors (Lipinski definition) is 2. The number of amides is 3. The van der Waals surface area contributed by atoms with E-state index in [9.17, 15) is 28.3 Å². The van der Waals surface area contributed by atoms with Crippen LogP contribution in [-0.2, 0) is 17.9 Å². The van der Waals surface area contributed by atoms with E-state index in [0.29, 0.717) is 16.9 Å². The van der Waals surface area contributed by atoms with Gasteiger partial charge in [0.05, 0.1) is 29.9 Å². The number of ether oxygens (including phenoxy) is 1. The topological polar surface area (TPSA) is 118 Å². The van der Waals surface area contributed by atoms with Crippen molar-refractivity contribution in [2.45, 2.75) is 39.0 Å². The summed E-state index contributed by atoms with van der Waals surface area (Å²) < 4.78 is 33.8. The van der Waals surface area contributed by atoms with Gasteiger partial charge in [-0.1, -0.05) is 17.7 Å². The molecular weight excluding hydrogens is 522 g/mol. The van der Waals surface area contributed by atoms with Crippen LogP contribution in [-0.4, -0.2) is 33.9 Å². The average Bonchev–Trinajstić information content (AvgIpc) is 3.21. The highest BCUT2D eigenvalue weighted by molar-refractivity contribution is 6.31. The molecule has 1 aliphatic heterocycles. The first-order valence-corrected chi connectivity index (χ1v) is 11.9. The van der Waals surface area contributed by atoms with E-state index >= 15 is 0 Å². The molecule has 0 fully saturated rings. The molecule has 0 atom stereocenters. The van der Waals surface area contributed by atoms with Gasteiger partial charge < -0.3 is 20.1 Å². The SMILES string of the molecule is CC(C)(O)CC(=O)N1CN(C(N)=O)c2ccc(Cn3ccc(OCc4ccc(F)cc4F)c(Cl)c3=O)cc21. The molecule has 38 heavy (non-hydrogen) atoms. The van der Waals surface area contributed by atoms with E-state index in [1.54, 1.807) is 18.2 Å². The van der Waals surface area contributed by atoms with Crippen LogP contribution in [0.25, 0.3) is 0 Å². The van der Waals surface area contributed by atoms with Gasteiger partial charge in [-0.3, -0.25) is 19.4 Å².